The van der Waals surface area contributed by atoms with Crippen LogP contribution in [0.15, 0.2) is 11.6 Å². The summed E-state index contributed by atoms with van der Waals surface area (Å²) in [6.45, 7) is 10.9. The molecule has 1 saturated carbocycles. The predicted octanol–water partition coefficient (Wildman–Crippen LogP) is 5.42. The van der Waals surface area contributed by atoms with Gasteiger partial charge in [-0.2, -0.15) is 0 Å². The van der Waals surface area contributed by atoms with Gasteiger partial charge < -0.3 is 18.9 Å². The van der Waals surface area contributed by atoms with E-state index in [0.29, 0.717) is 32.1 Å². The van der Waals surface area contributed by atoms with Gasteiger partial charge in [0.15, 0.2) is 0 Å². The Kier molecular flexibility index (Phi) is 13.9. The Labute approximate surface area is 228 Å². The zero-order valence-corrected chi connectivity index (χ0v) is 24.0. The number of rotatable bonds is 17. The lowest BCUT2D eigenvalue weighted by atomic mass is 9.50. The molecule has 0 aromatic rings. The molecule has 0 heterocycles. The van der Waals surface area contributed by atoms with Crippen LogP contribution in [0.4, 0.5) is 0 Å². The molecule has 0 spiro atoms. The van der Waals surface area contributed by atoms with Crippen LogP contribution in [-0.4, -0.2) is 50.3 Å². The van der Waals surface area contributed by atoms with Crippen LogP contribution in [0.5, 0.6) is 0 Å². The van der Waals surface area contributed by atoms with Gasteiger partial charge in [-0.3, -0.25) is 19.2 Å². The molecule has 38 heavy (non-hydrogen) atoms. The fourth-order valence-electron chi connectivity index (χ4n) is 5.60. The normalized spacial score (nSPS) is 25.9. The van der Waals surface area contributed by atoms with Gasteiger partial charge >= 0.3 is 23.9 Å². The van der Waals surface area contributed by atoms with Crippen molar-refractivity contribution >= 4 is 23.9 Å². The first-order valence-corrected chi connectivity index (χ1v) is 14.7. The smallest absolute Gasteiger partial charge is 0.310 e. The van der Waals surface area contributed by atoms with E-state index in [-0.39, 0.29) is 26.4 Å². The maximum Gasteiger partial charge on any atom is 0.310 e. The van der Waals surface area contributed by atoms with Crippen molar-refractivity contribution < 1.29 is 38.1 Å². The quantitative estimate of drug-likeness (QED) is 0.105. The molecule has 4 unspecified atom stereocenters. The second-order valence-electron chi connectivity index (χ2n) is 10.4. The molecule has 2 bridgehead atoms. The van der Waals surface area contributed by atoms with Crippen molar-refractivity contribution in [3.8, 4) is 0 Å². The Morgan fingerprint density at radius 3 is 1.16 bits per heavy atom. The molecule has 216 valence electrons. The van der Waals surface area contributed by atoms with Crippen molar-refractivity contribution in [3.63, 3.8) is 0 Å². The number of unbranched alkanes of at least 4 members (excludes halogenated alkanes) is 4. The summed E-state index contributed by atoms with van der Waals surface area (Å²) in [7, 11) is 0. The fraction of sp³-hybridized carbons (Fsp3) is 0.800. The van der Waals surface area contributed by atoms with Crippen molar-refractivity contribution in [1.82, 2.24) is 0 Å². The van der Waals surface area contributed by atoms with Crippen LogP contribution in [0.2, 0.25) is 0 Å². The number of hydrogen-bond donors (Lipinski definition) is 0. The van der Waals surface area contributed by atoms with Crippen molar-refractivity contribution in [1.29, 1.82) is 0 Å². The summed E-state index contributed by atoms with van der Waals surface area (Å²) >= 11 is 0. The Bertz CT molecular complexity index is 763. The van der Waals surface area contributed by atoms with Gasteiger partial charge in [0.2, 0.25) is 0 Å². The molecule has 0 saturated heterocycles. The third-order valence-corrected chi connectivity index (χ3v) is 7.68. The van der Waals surface area contributed by atoms with E-state index in [9.17, 15) is 19.2 Å². The first-order valence-electron chi connectivity index (χ1n) is 14.7. The van der Waals surface area contributed by atoms with Crippen LogP contribution in [0, 0.1) is 35.5 Å². The summed E-state index contributed by atoms with van der Waals surface area (Å²) in [6.07, 6.45) is 8.69. The van der Waals surface area contributed by atoms with Gasteiger partial charge in [0.05, 0.1) is 50.1 Å². The summed E-state index contributed by atoms with van der Waals surface area (Å²) in [5, 5.41) is 0. The molecule has 0 aliphatic heterocycles. The number of allylic oxidation sites excluding steroid dienone is 2. The topological polar surface area (TPSA) is 105 Å². The van der Waals surface area contributed by atoms with Crippen LogP contribution in [0.1, 0.15) is 92.4 Å². The largest absolute Gasteiger partial charge is 0.465 e. The van der Waals surface area contributed by atoms with Gasteiger partial charge in [-0.25, -0.2) is 0 Å². The van der Waals surface area contributed by atoms with E-state index >= 15 is 0 Å². The van der Waals surface area contributed by atoms with E-state index in [1.807, 2.05) is 40.7 Å². The highest BCUT2D eigenvalue weighted by atomic mass is 16.5. The van der Waals surface area contributed by atoms with Crippen molar-refractivity contribution in [2.45, 2.75) is 92.4 Å². The van der Waals surface area contributed by atoms with Crippen molar-refractivity contribution in [3.05, 3.63) is 11.6 Å². The average molecular weight is 537 g/mol. The Morgan fingerprint density at radius 2 is 0.868 bits per heavy atom. The third kappa shape index (κ3) is 7.82. The first-order chi connectivity index (χ1) is 18.4. The van der Waals surface area contributed by atoms with Gasteiger partial charge in [-0.1, -0.05) is 72.0 Å². The Hall–Kier alpha value is -2.38. The van der Waals surface area contributed by atoms with E-state index in [1.165, 1.54) is 0 Å². The van der Waals surface area contributed by atoms with Crippen molar-refractivity contribution in [2.75, 3.05) is 26.4 Å². The van der Waals surface area contributed by atoms with E-state index in [4.69, 9.17) is 18.9 Å². The van der Waals surface area contributed by atoms with E-state index < -0.39 is 59.4 Å². The standard InChI is InChI=1S/C30H48O8/c1-6-11-15-35-27(31)23-21-19-20(10-5)22(25(23)29(33)37-17-13-8-3)26(30(34)38-18-14-9-4)24(21)28(32)36-16-12-7-2/h19,21-26H,6-18H2,1-5H3. The summed E-state index contributed by atoms with van der Waals surface area (Å²) in [5.74, 6) is -7.20. The molecule has 8 heteroatoms. The van der Waals surface area contributed by atoms with Crippen LogP contribution in [0.3, 0.4) is 0 Å². The SMILES string of the molecule is CCCCOC(=O)C1C2C=C(CC)C(C1C(=O)OCCCC)C(C(=O)OCCCC)C2C(=O)OCCCC. The van der Waals surface area contributed by atoms with Gasteiger partial charge in [-0.05, 0) is 32.1 Å². The van der Waals surface area contributed by atoms with Crippen LogP contribution in [-0.2, 0) is 38.1 Å². The number of hydrogen-bond acceptors (Lipinski definition) is 8. The average Bonchev–Trinajstić information content (AvgIpc) is 2.92. The first kappa shape index (κ1) is 31.8. The maximum absolute atomic E-state index is 13.6. The van der Waals surface area contributed by atoms with Gasteiger partial charge in [0.25, 0.3) is 0 Å². The maximum atomic E-state index is 13.6. The van der Waals surface area contributed by atoms with Gasteiger partial charge in [-0.15, -0.1) is 0 Å². The van der Waals surface area contributed by atoms with Crippen molar-refractivity contribution in [2.24, 2.45) is 35.5 Å². The highest BCUT2D eigenvalue weighted by Gasteiger charge is 2.64. The van der Waals surface area contributed by atoms with Crippen LogP contribution < -0.4 is 0 Å². The second kappa shape index (κ2) is 16.6. The highest BCUT2D eigenvalue weighted by molar-refractivity contribution is 5.90. The molecule has 3 aliphatic rings. The zero-order chi connectivity index (χ0) is 28.1. The Morgan fingerprint density at radius 1 is 0.553 bits per heavy atom. The summed E-state index contributed by atoms with van der Waals surface area (Å²) in [4.78, 5) is 54.1. The number of ether oxygens (including phenoxy) is 4. The molecular formula is C30H48O8. The molecule has 1 fully saturated rings. The summed E-state index contributed by atoms with van der Waals surface area (Å²) < 4.78 is 22.5. The minimum absolute atomic E-state index is 0.235. The lowest BCUT2D eigenvalue weighted by molar-refractivity contribution is -0.186. The van der Waals surface area contributed by atoms with E-state index in [1.54, 1.807) is 0 Å². The fourth-order valence-corrected chi connectivity index (χ4v) is 5.60. The van der Waals surface area contributed by atoms with E-state index in [2.05, 4.69) is 0 Å². The molecule has 3 rings (SSSR count). The molecular weight excluding hydrogens is 488 g/mol. The second-order valence-corrected chi connectivity index (χ2v) is 10.4. The molecule has 0 radical (unpaired) electrons. The highest BCUT2D eigenvalue weighted by Crippen LogP contribution is 2.56. The minimum atomic E-state index is -0.926. The molecule has 4 atom stereocenters. The lowest BCUT2D eigenvalue weighted by Gasteiger charge is -2.51. The van der Waals surface area contributed by atoms with Gasteiger partial charge in [0.1, 0.15) is 0 Å². The molecule has 8 nitrogen and oxygen atoms in total. The molecule has 0 amide bonds. The summed E-state index contributed by atoms with van der Waals surface area (Å²) in [5.41, 5.74) is 0.875. The zero-order valence-electron chi connectivity index (χ0n) is 24.0. The molecule has 0 aromatic heterocycles. The Balaban J connectivity index is 2.55. The number of fused-ring (bicyclic) bond motifs is 2. The third-order valence-electron chi connectivity index (χ3n) is 7.68. The molecule has 0 N–H and O–H groups in total. The monoisotopic (exact) mass is 536 g/mol. The predicted molar refractivity (Wildman–Crippen MR) is 143 cm³/mol. The van der Waals surface area contributed by atoms with Crippen LogP contribution in [0.25, 0.3) is 0 Å². The number of esters is 4. The van der Waals surface area contributed by atoms with Gasteiger partial charge in [0, 0.05) is 11.8 Å². The lowest BCUT2D eigenvalue weighted by Crippen LogP contribution is -2.59. The molecule has 0 aromatic carbocycles. The molecule has 3 aliphatic carbocycles. The summed E-state index contributed by atoms with van der Waals surface area (Å²) in [6, 6.07) is 0. The van der Waals surface area contributed by atoms with E-state index in [0.717, 1.165) is 31.3 Å². The number of carbonyl (C=O) groups is 4. The number of carbonyl (C=O) groups excluding carboxylic acids is 4. The minimum Gasteiger partial charge on any atom is -0.465 e. The van der Waals surface area contributed by atoms with Crippen LogP contribution >= 0.6 is 0 Å².